The number of rotatable bonds is 6. The summed E-state index contributed by atoms with van der Waals surface area (Å²) in [7, 11) is 0. The second-order valence-corrected chi connectivity index (χ2v) is 6.84. The topological polar surface area (TPSA) is 59.4 Å². The van der Waals surface area contributed by atoms with Crippen LogP contribution in [0.5, 0.6) is 0 Å². The number of morpholine rings is 1. The van der Waals surface area contributed by atoms with Crippen LogP contribution in [0.1, 0.15) is 16.1 Å². The number of hydrogen-bond acceptors (Lipinski definition) is 4. The Balaban J connectivity index is 1.32. The molecular weight excluding hydrogens is 352 g/mol. The van der Waals surface area contributed by atoms with Crippen molar-refractivity contribution in [1.82, 2.24) is 14.7 Å². The van der Waals surface area contributed by atoms with E-state index in [0.717, 1.165) is 50.6 Å². The Morgan fingerprint density at radius 2 is 1.75 bits per heavy atom. The van der Waals surface area contributed by atoms with Gasteiger partial charge in [0.25, 0.3) is 5.91 Å². The van der Waals surface area contributed by atoms with Gasteiger partial charge in [-0.25, -0.2) is 4.68 Å². The molecular formula is C22H24N4O2. The summed E-state index contributed by atoms with van der Waals surface area (Å²) >= 11 is 0. The minimum atomic E-state index is -0.212. The molecule has 0 unspecified atom stereocenters. The summed E-state index contributed by atoms with van der Waals surface area (Å²) in [6.45, 7) is 4.69. The van der Waals surface area contributed by atoms with Crippen LogP contribution in [0.25, 0.3) is 5.69 Å². The van der Waals surface area contributed by atoms with Gasteiger partial charge in [0.15, 0.2) is 5.69 Å². The summed E-state index contributed by atoms with van der Waals surface area (Å²) in [4.78, 5) is 14.9. The molecule has 1 fully saturated rings. The standard InChI is InChI=1S/C22H24N4O2/c27-22(21-11-13-26(24-21)20-4-2-1-3-5-20)23-19-8-6-18(7-9-19)10-12-25-14-16-28-17-15-25/h1-9,11,13H,10,12,14-17H2,(H,23,27). The molecule has 0 bridgehead atoms. The van der Waals surface area contributed by atoms with Crippen LogP contribution in [-0.2, 0) is 11.2 Å². The first kappa shape index (κ1) is 18.4. The molecule has 2 aromatic carbocycles. The number of ether oxygens (including phenoxy) is 1. The van der Waals surface area contributed by atoms with E-state index in [9.17, 15) is 4.79 Å². The fourth-order valence-corrected chi connectivity index (χ4v) is 3.23. The number of nitrogens with zero attached hydrogens (tertiary/aromatic N) is 3. The van der Waals surface area contributed by atoms with Crippen LogP contribution >= 0.6 is 0 Å². The Morgan fingerprint density at radius 1 is 1.00 bits per heavy atom. The van der Waals surface area contributed by atoms with Crippen LogP contribution in [0.3, 0.4) is 0 Å². The van der Waals surface area contributed by atoms with Gasteiger partial charge in [0.1, 0.15) is 0 Å². The van der Waals surface area contributed by atoms with Crippen molar-refractivity contribution in [2.75, 3.05) is 38.2 Å². The van der Waals surface area contributed by atoms with Crippen LogP contribution in [0.15, 0.2) is 66.9 Å². The zero-order valence-electron chi connectivity index (χ0n) is 15.8. The number of nitrogens with one attached hydrogen (secondary N) is 1. The van der Waals surface area contributed by atoms with Crippen molar-refractivity contribution in [2.24, 2.45) is 0 Å². The molecule has 1 amide bonds. The minimum Gasteiger partial charge on any atom is -0.379 e. The highest BCUT2D eigenvalue weighted by Gasteiger charge is 2.12. The molecule has 4 rings (SSSR count). The summed E-state index contributed by atoms with van der Waals surface area (Å²) in [6.07, 6.45) is 2.79. The predicted octanol–water partition coefficient (Wildman–Crippen LogP) is 3.00. The van der Waals surface area contributed by atoms with Gasteiger partial charge in [0, 0.05) is 31.5 Å². The summed E-state index contributed by atoms with van der Waals surface area (Å²) in [6, 6.07) is 19.5. The number of hydrogen-bond donors (Lipinski definition) is 1. The molecule has 3 aromatic rings. The van der Waals surface area contributed by atoms with Crippen LogP contribution in [0.4, 0.5) is 5.69 Å². The average Bonchev–Trinajstić information content (AvgIpc) is 3.25. The molecule has 0 radical (unpaired) electrons. The van der Waals surface area contributed by atoms with Gasteiger partial charge in [-0.3, -0.25) is 9.69 Å². The molecule has 0 spiro atoms. The van der Waals surface area contributed by atoms with Crippen LogP contribution in [0.2, 0.25) is 0 Å². The molecule has 28 heavy (non-hydrogen) atoms. The maximum absolute atomic E-state index is 12.5. The number of carbonyl (C=O) groups excluding carboxylic acids is 1. The van der Waals surface area contributed by atoms with E-state index >= 15 is 0 Å². The molecule has 144 valence electrons. The molecule has 1 N–H and O–H groups in total. The fourth-order valence-electron chi connectivity index (χ4n) is 3.23. The Labute approximate surface area is 164 Å². The van der Waals surface area contributed by atoms with E-state index in [1.165, 1.54) is 5.56 Å². The summed E-state index contributed by atoms with van der Waals surface area (Å²) in [5.41, 5.74) is 3.35. The van der Waals surface area contributed by atoms with Crippen LogP contribution in [-0.4, -0.2) is 53.4 Å². The van der Waals surface area contributed by atoms with Gasteiger partial charge in [-0.1, -0.05) is 30.3 Å². The Kier molecular flexibility index (Phi) is 5.80. The number of carbonyl (C=O) groups is 1. The molecule has 0 atom stereocenters. The summed E-state index contributed by atoms with van der Waals surface area (Å²) < 4.78 is 7.08. The zero-order chi connectivity index (χ0) is 19.2. The summed E-state index contributed by atoms with van der Waals surface area (Å²) in [5, 5.41) is 7.28. The van der Waals surface area contributed by atoms with Crippen molar-refractivity contribution in [1.29, 1.82) is 0 Å². The molecule has 1 saturated heterocycles. The van der Waals surface area contributed by atoms with Crippen molar-refractivity contribution in [3.05, 3.63) is 78.1 Å². The van der Waals surface area contributed by atoms with Gasteiger partial charge >= 0.3 is 0 Å². The third kappa shape index (κ3) is 4.65. The second-order valence-electron chi connectivity index (χ2n) is 6.84. The first-order chi connectivity index (χ1) is 13.8. The van der Waals surface area contributed by atoms with Crippen molar-refractivity contribution in [3.63, 3.8) is 0 Å². The fraction of sp³-hybridized carbons (Fsp3) is 0.273. The van der Waals surface area contributed by atoms with E-state index in [-0.39, 0.29) is 5.91 Å². The van der Waals surface area contributed by atoms with Gasteiger partial charge in [0.05, 0.1) is 18.9 Å². The zero-order valence-corrected chi connectivity index (χ0v) is 15.8. The highest BCUT2D eigenvalue weighted by atomic mass is 16.5. The molecule has 1 aliphatic rings. The van der Waals surface area contributed by atoms with Gasteiger partial charge in [-0.15, -0.1) is 0 Å². The van der Waals surface area contributed by atoms with Crippen LogP contribution in [0, 0.1) is 0 Å². The third-order valence-corrected chi connectivity index (χ3v) is 4.87. The third-order valence-electron chi connectivity index (χ3n) is 4.87. The molecule has 6 nitrogen and oxygen atoms in total. The average molecular weight is 376 g/mol. The molecule has 0 aliphatic carbocycles. The van der Waals surface area contributed by atoms with E-state index < -0.39 is 0 Å². The summed E-state index contributed by atoms with van der Waals surface area (Å²) in [5.74, 6) is -0.212. The van der Waals surface area contributed by atoms with Crippen molar-refractivity contribution in [2.45, 2.75) is 6.42 Å². The normalized spacial score (nSPS) is 14.7. The Bertz CT molecular complexity index is 900. The number of amides is 1. The van der Waals surface area contributed by atoms with E-state index in [1.807, 2.05) is 42.5 Å². The maximum Gasteiger partial charge on any atom is 0.276 e. The first-order valence-electron chi connectivity index (χ1n) is 9.59. The highest BCUT2D eigenvalue weighted by Crippen LogP contribution is 2.13. The molecule has 1 aromatic heterocycles. The molecule has 2 heterocycles. The number of para-hydroxylation sites is 1. The van der Waals surface area contributed by atoms with Gasteiger partial charge in [-0.2, -0.15) is 5.10 Å². The lowest BCUT2D eigenvalue weighted by Gasteiger charge is -2.26. The molecule has 1 aliphatic heterocycles. The molecule has 0 saturated carbocycles. The lowest BCUT2D eigenvalue weighted by atomic mass is 10.1. The molecule has 6 heteroatoms. The van der Waals surface area contributed by atoms with Crippen molar-refractivity contribution < 1.29 is 9.53 Å². The van der Waals surface area contributed by atoms with Gasteiger partial charge in [0.2, 0.25) is 0 Å². The second kappa shape index (κ2) is 8.82. The van der Waals surface area contributed by atoms with E-state index in [1.54, 1.807) is 16.9 Å². The van der Waals surface area contributed by atoms with Crippen LogP contribution < -0.4 is 5.32 Å². The van der Waals surface area contributed by atoms with E-state index in [0.29, 0.717) is 5.69 Å². The monoisotopic (exact) mass is 376 g/mol. The number of anilines is 1. The smallest absolute Gasteiger partial charge is 0.276 e. The highest BCUT2D eigenvalue weighted by molar-refractivity contribution is 6.02. The number of aromatic nitrogens is 2. The van der Waals surface area contributed by atoms with Gasteiger partial charge in [-0.05, 0) is 42.3 Å². The van der Waals surface area contributed by atoms with E-state index in [4.69, 9.17) is 4.74 Å². The first-order valence-corrected chi connectivity index (χ1v) is 9.59. The Morgan fingerprint density at radius 3 is 2.50 bits per heavy atom. The maximum atomic E-state index is 12.5. The van der Waals surface area contributed by atoms with Gasteiger partial charge < -0.3 is 10.1 Å². The lowest BCUT2D eigenvalue weighted by Crippen LogP contribution is -2.37. The Hall–Kier alpha value is -2.96. The van der Waals surface area contributed by atoms with Crippen molar-refractivity contribution >= 4 is 11.6 Å². The van der Waals surface area contributed by atoms with E-state index in [2.05, 4.69) is 27.4 Å². The lowest BCUT2D eigenvalue weighted by molar-refractivity contribution is 0.0384. The quantitative estimate of drug-likeness (QED) is 0.719. The SMILES string of the molecule is O=C(Nc1ccc(CCN2CCOCC2)cc1)c1ccn(-c2ccccc2)n1. The minimum absolute atomic E-state index is 0.212. The van der Waals surface area contributed by atoms with Crippen molar-refractivity contribution in [3.8, 4) is 5.69 Å². The number of benzene rings is 2. The largest absolute Gasteiger partial charge is 0.379 e. The predicted molar refractivity (Wildman–Crippen MR) is 109 cm³/mol.